The van der Waals surface area contributed by atoms with E-state index in [4.69, 9.17) is 25.7 Å². The molecule has 1 fully saturated rings. The molecule has 350 valence electrons. The van der Waals surface area contributed by atoms with E-state index in [0.29, 0.717) is 43.6 Å². The van der Waals surface area contributed by atoms with Crippen LogP contribution in [0.5, 0.6) is 0 Å². The first-order valence-electron chi connectivity index (χ1n) is 21.6. The van der Waals surface area contributed by atoms with Gasteiger partial charge in [-0.15, -0.1) is 0 Å². The van der Waals surface area contributed by atoms with Gasteiger partial charge in [0.15, 0.2) is 0 Å². The summed E-state index contributed by atoms with van der Waals surface area (Å²) in [5.74, 6) is -3.66. The van der Waals surface area contributed by atoms with Gasteiger partial charge in [-0.1, -0.05) is 24.3 Å². The Labute approximate surface area is 375 Å². The van der Waals surface area contributed by atoms with Crippen LogP contribution in [0.1, 0.15) is 67.3 Å². The summed E-state index contributed by atoms with van der Waals surface area (Å²) in [6.45, 7) is 2.68. The molecule has 2 aromatic carbocycles. The molecule has 2 aliphatic heterocycles. The molecule has 21 nitrogen and oxygen atoms in total. The average Bonchev–Trinajstić information content (AvgIpc) is 3.89. The molecule has 0 unspecified atom stereocenters. The third-order valence-corrected chi connectivity index (χ3v) is 10.8. The highest BCUT2D eigenvalue weighted by atomic mass is 16.5. The Balaban J connectivity index is 0.956. The van der Waals surface area contributed by atoms with Crippen LogP contribution in [0.25, 0.3) is 16.6 Å². The summed E-state index contributed by atoms with van der Waals surface area (Å²) in [6.07, 6.45) is 7.25. The van der Waals surface area contributed by atoms with Crippen molar-refractivity contribution in [3.63, 3.8) is 0 Å². The number of fused-ring (bicyclic) bond motifs is 1. The molecular formula is C44H58N10O11. The lowest BCUT2D eigenvalue weighted by Crippen LogP contribution is -2.53. The normalized spacial score (nSPS) is 15.8. The van der Waals surface area contributed by atoms with Crippen molar-refractivity contribution in [3.05, 3.63) is 71.9 Å². The first-order chi connectivity index (χ1) is 31.3. The zero-order chi connectivity index (χ0) is 46.7. The number of likely N-dealkylation sites (tertiary alicyclic amines) is 1. The molecule has 0 saturated carbocycles. The van der Waals surface area contributed by atoms with E-state index in [1.165, 1.54) is 19.1 Å². The second-order valence-electron chi connectivity index (χ2n) is 15.5. The lowest BCUT2D eigenvalue weighted by Gasteiger charge is -2.33. The first-order valence-corrected chi connectivity index (χ1v) is 21.6. The van der Waals surface area contributed by atoms with Gasteiger partial charge < -0.3 is 51.8 Å². The molecule has 1 aromatic heterocycles. The second-order valence-corrected chi connectivity index (χ2v) is 15.5. The molecule has 3 atom stereocenters. The van der Waals surface area contributed by atoms with E-state index in [1.54, 1.807) is 21.7 Å². The molecule has 65 heavy (non-hydrogen) atoms. The van der Waals surface area contributed by atoms with Crippen LogP contribution in [0.15, 0.2) is 60.8 Å². The number of piperidine rings is 1. The van der Waals surface area contributed by atoms with E-state index in [1.807, 2.05) is 36.5 Å². The van der Waals surface area contributed by atoms with Gasteiger partial charge in [-0.25, -0.2) is 4.68 Å². The number of nitrogens with one attached hydrogen (secondary N) is 4. The second kappa shape index (κ2) is 25.1. The topological polar surface area (TPSA) is 289 Å². The molecule has 5 rings (SSSR count). The van der Waals surface area contributed by atoms with Crippen LogP contribution < -0.4 is 32.7 Å². The van der Waals surface area contributed by atoms with Gasteiger partial charge in [-0.3, -0.25) is 43.3 Å². The van der Waals surface area contributed by atoms with Crippen molar-refractivity contribution in [3.8, 4) is 5.69 Å². The van der Waals surface area contributed by atoms with Crippen LogP contribution in [-0.2, 0) is 47.8 Å². The Morgan fingerprint density at radius 2 is 1.60 bits per heavy atom. The lowest BCUT2D eigenvalue weighted by atomic mass is 9.90. The number of primary amides is 1. The largest absolute Gasteiger partial charge is 0.379 e. The Morgan fingerprint density at radius 3 is 2.32 bits per heavy atom. The minimum absolute atomic E-state index is 0.0432. The van der Waals surface area contributed by atoms with E-state index in [9.17, 15) is 38.4 Å². The van der Waals surface area contributed by atoms with Gasteiger partial charge in [0.25, 0.3) is 17.7 Å². The monoisotopic (exact) mass is 902 g/mol. The maximum absolute atomic E-state index is 13.1. The minimum Gasteiger partial charge on any atom is -0.379 e. The first kappa shape index (κ1) is 49.5. The highest BCUT2D eigenvalue weighted by Crippen LogP contribution is 2.28. The third kappa shape index (κ3) is 15.0. The van der Waals surface area contributed by atoms with Crippen LogP contribution >= 0.6 is 0 Å². The fourth-order valence-electron chi connectivity index (χ4n) is 7.20. The van der Waals surface area contributed by atoms with Crippen LogP contribution in [0, 0.1) is 0 Å². The van der Waals surface area contributed by atoms with Crippen LogP contribution in [0.4, 0.5) is 0 Å². The van der Waals surface area contributed by atoms with Crippen molar-refractivity contribution >= 4 is 58.2 Å². The molecule has 3 heterocycles. The summed E-state index contributed by atoms with van der Waals surface area (Å²) in [5.41, 5.74) is 13.9. The molecule has 0 radical (unpaired) electrons. The summed E-state index contributed by atoms with van der Waals surface area (Å²) in [5, 5.41) is 15.6. The third-order valence-electron chi connectivity index (χ3n) is 10.8. The number of benzene rings is 2. The van der Waals surface area contributed by atoms with Crippen molar-refractivity contribution in [1.82, 2.24) is 40.8 Å². The van der Waals surface area contributed by atoms with Gasteiger partial charge in [0.05, 0.1) is 50.8 Å². The number of ether oxygens (including phenoxy) is 3. The maximum Gasteiger partial charge on any atom is 0.253 e. The highest BCUT2D eigenvalue weighted by Gasteiger charge is 2.27. The van der Waals surface area contributed by atoms with Crippen molar-refractivity contribution in [2.24, 2.45) is 11.5 Å². The van der Waals surface area contributed by atoms with Crippen molar-refractivity contribution in [2.75, 3.05) is 72.5 Å². The average molecular weight is 903 g/mol. The summed E-state index contributed by atoms with van der Waals surface area (Å²) >= 11 is 0. The molecule has 1 saturated heterocycles. The predicted molar refractivity (Wildman–Crippen MR) is 235 cm³/mol. The van der Waals surface area contributed by atoms with E-state index in [-0.39, 0.29) is 82.8 Å². The number of rotatable bonds is 26. The smallest absolute Gasteiger partial charge is 0.253 e. The number of hydrogen-bond acceptors (Lipinski definition) is 13. The van der Waals surface area contributed by atoms with Crippen molar-refractivity contribution in [1.29, 1.82) is 0 Å². The summed E-state index contributed by atoms with van der Waals surface area (Å²) in [4.78, 5) is 102. The molecule has 3 aromatic rings. The Morgan fingerprint density at radius 1 is 0.862 bits per heavy atom. The Kier molecular flexibility index (Phi) is 19.1. The van der Waals surface area contributed by atoms with Crippen LogP contribution in [-0.4, -0.2) is 151 Å². The fraction of sp³-hybridized carbons (Fsp3) is 0.477. The molecule has 0 bridgehead atoms. The van der Waals surface area contributed by atoms with Crippen molar-refractivity contribution in [2.45, 2.75) is 63.5 Å². The Hall–Kier alpha value is -6.55. The number of aromatic nitrogens is 2. The van der Waals surface area contributed by atoms with E-state index >= 15 is 0 Å². The summed E-state index contributed by atoms with van der Waals surface area (Å²) < 4.78 is 17.9. The predicted octanol–water partition coefficient (Wildman–Crippen LogP) is -0.496. The highest BCUT2D eigenvalue weighted by molar-refractivity contribution is 6.12. The standard InChI is InChI=1S/C44H58N10O11/c1-29(49-36(55)16-20-63-22-23-64-21-19-53-38(57)14-15-39(53)58)43(61)50-35(9-2-3-17-45)44(62)47-24-37(56)48-28-65-27-40(59)52-18-5-7-31(25-52)30-10-12-33(13-11-30)54-26-32-6-4-8-34(42(46)60)41(32)51-54/h4,6,8,10-15,26,29,31,35H,2-3,5,7,9,16-25,27-28,45H2,1H3,(H2,46,60)(H,47,62)(H,48,56)(H,49,55)(H,50,61)/t29-,31-,35-/m1/s1. The lowest BCUT2D eigenvalue weighted by molar-refractivity contribution is -0.139. The van der Waals surface area contributed by atoms with E-state index < -0.39 is 48.2 Å². The summed E-state index contributed by atoms with van der Waals surface area (Å²) in [6, 6.07) is 11.2. The number of carbonyl (C=O) groups excluding carboxylic acids is 8. The number of nitrogens with two attached hydrogens (primary N) is 2. The van der Waals surface area contributed by atoms with Gasteiger partial charge in [0, 0.05) is 49.2 Å². The SMILES string of the molecule is C[C@@H](NC(=O)CCOCCOCCN1C(=O)C=CC1=O)C(=O)N[C@H](CCCCN)C(=O)NCC(=O)NCOCC(=O)N1CCC[C@@H](c2ccc(-n3cc4cccc(C(N)=O)c4n3)cc2)C1. The number of hydrogen-bond donors (Lipinski definition) is 6. The van der Waals surface area contributed by atoms with Gasteiger partial charge in [-0.05, 0) is 69.3 Å². The number of carbonyl (C=O) groups is 8. The molecule has 8 amide bonds. The quantitative estimate of drug-likeness (QED) is 0.0337. The van der Waals surface area contributed by atoms with Gasteiger partial charge >= 0.3 is 0 Å². The maximum atomic E-state index is 13.1. The number of nitrogens with zero attached hydrogens (tertiary/aromatic N) is 4. The van der Waals surface area contributed by atoms with Crippen LogP contribution in [0.2, 0.25) is 0 Å². The van der Waals surface area contributed by atoms with E-state index in [2.05, 4.69) is 26.4 Å². The summed E-state index contributed by atoms with van der Waals surface area (Å²) in [7, 11) is 0. The zero-order valence-electron chi connectivity index (χ0n) is 36.5. The number of unbranched alkanes of at least 4 members (excludes halogenated alkanes) is 1. The zero-order valence-corrected chi connectivity index (χ0v) is 36.5. The molecule has 2 aliphatic rings. The van der Waals surface area contributed by atoms with Crippen LogP contribution in [0.3, 0.4) is 0 Å². The molecule has 21 heteroatoms. The minimum atomic E-state index is -1.00. The number of imide groups is 1. The molecular weight excluding hydrogens is 845 g/mol. The van der Waals surface area contributed by atoms with Gasteiger partial charge in [0.1, 0.15) is 30.9 Å². The number of amides is 8. The van der Waals surface area contributed by atoms with Gasteiger partial charge in [0.2, 0.25) is 29.5 Å². The molecule has 8 N–H and O–H groups in total. The fourth-order valence-corrected chi connectivity index (χ4v) is 7.20. The van der Waals surface area contributed by atoms with E-state index in [0.717, 1.165) is 34.4 Å². The van der Waals surface area contributed by atoms with Crippen molar-refractivity contribution < 1.29 is 52.6 Å². The van der Waals surface area contributed by atoms with Gasteiger partial charge in [-0.2, -0.15) is 5.10 Å². The molecule has 0 spiro atoms. The Bertz CT molecular complexity index is 2180. The molecule has 0 aliphatic carbocycles.